The Morgan fingerprint density at radius 3 is 2.55 bits per heavy atom. The molecule has 106 valence electrons. The van der Waals surface area contributed by atoms with E-state index in [2.05, 4.69) is 15.4 Å². The summed E-state index contributed by atoms with van der Waals surface area (Å²) in [5, 5.41) is 8.43. The topological polar surface area (TPSA) is 67.3 Å². The minimum atomic E-state index is -4.63. The van der Waals surface area contributed by atoms with Crippen molar-refractivity contribution in [1.82, 2.24) is 10.2 Å². The number of alkyl halides is 3. The van der Waals surface area contributed by atoms with Gasteiger partial charge in [0.15, 0.2) is 11.4 Å². The molecule has 0 unspecified atom stereocenters. The highest BCUT2D eigenvalue weighted by atomic mass is 35.5. The summed E-state index contributed by atoms with van der Waals surface area (Å²) >= 11 is 5.71. The Balaban J connectivity index is 2.45. The predicted molar refractivity (Wildman–Crippen MR) is 65.3 cm³/mol. The van der Waals surface area contributed by atoms with Gasteiger partial charge in [0.1, 0.15) is 0 Å². The van der Waals surface area contributed by atoms with Crippen molar-refractivity contribution >= 4 is 17.3 Å². The monoisotopic (exact) mass is 305 g/mol. The molecule has 0 aliphatic rings. The Hall–Kier alpha value is -2.09. The summed E-state index contributed by atoms with van der Waals surface area (Å²) < 4.78 is 42.9. The van der Waals surface area contributed by atoms with Gasteiger partial charge in [0, 0.05) is 11.8 Å². The lowest BCUT2D eigenvalue weighted by molar-refractivity contribution is -0.137. The average molecular weight is 306 g/mol. The molecule has 0 saturated carbocycles. The van der Waals surface area contributed by atoms with Gasteiger partial charge >= 0.3 is 6.18 Å². The first-order valence-corrected chi connectivity index (χ1v) is 5.63. The Morgan fingerprint density at radius 1 is 1.35 bits per heavy atom. The van der Waals surface area contributed by atoms with Crippen molar-refractivity contribution < 1.29 is 17.9 Å². The molecule has 0 atom stereocenters. The van der Waals surface area contributed by atoms with Crippen LogP contribution in [0.15, 0.2) is 23.4 Å². The summed E-state index contributed by atoms with van der Waals surface area (Å²) in [6.45, 7) is 1.70. The summed E-state index contributed by atoms with van der Waals surface area (Å²) in [6.07, 6.45) is -4.63. The average Bonchev–Trinajstić information content (AvgIpc) is 2.76. The molecule has 0 amide bonds. The maximum absolute atomic E-state index is 12.6. The lowest BCUT2D eigenvalue weighted by Gasteiger charge is -2.11. The van der Waals surface area contributed by atoms with Crippen LogP contribution in [0.25, 0.3) is 0 Å². The number of H-pyrrole nitrogens is 1. The number of hydrogen-bond donors (Lipinski definition) is 1. The summed E-state index contributed by atoms with van der Waals surface area (Å²) in [7, 11) is 0. The quantitative estimate of drug-likeness (QED) is 0.844. The standard InChI is InChI=1S/C11H7ClF3N3O2/c1-5-2-9(17-16-5)20-10-7(12)3-6(11(13,14)15)4-8(10)18-19/h2-4H,1H3,(H,16,17). The number of aryl methyl sites for hydroxylation is 1. The lowest BCUT2D eigenvalue weighted by Crippen LogP contribution is -2.04. The Morgan fingerprint density at radius 2 is 2.05 bits per heavy atom. The molecular formula is C11H7ClF3N3O2. The second kappa shape index (κ2) is 5.12. The van der Waals surface area contributed by atoms with Crippen molar-refractivity contribution in [3.63, 3.8) is 0 Å². The van der Waals surface area contributed by atoms with Crippen LogP contribution in [0.5, 0.6) is 11.6 Å². The molecule has 0 radical (unpaired) electrons. The normalized spacial score (nSPS) is 11.4. The van der Waals surface area contributed by atoms with Crippen molar-refractivity contribution in [1.29, 1.82) is 0 Å². The third kappa shape index (κ3) is 2.90. The van der Waals surface area contributed by atoms with E-state index in [-0.39, 0.29) is 16.7 Å². The number of hydrogen-bond acceptors (Lipinski definition) is 4. The Kier molecular flexibility index (Phi) is 3.67. The van der Waals surface area contributed by atoms with E-state index in [4.69, 9.17) is 16.3 Å². The number of nitrogens with one attached hydrogen (secondary N) is 1. The van der Waals surface area contributed by atoms with Crippen LogP contribution < -0.4 is 4.74 Å². The Bertz CT molecular complexity index is 655. The third-order valence-electron chi connectivity index (χ3n) is 2.34. The fourth-order valence-corrected chi connectivity index (χ4v) is 1.71. The van der Waals surface area contributed by atoms with Gasteiger partial charge in [-0.05, 0) is 24.2 Å². The van der Waals surface area contributed by atoms with E-state index in [0.29, 0.717) is 17.8 Å². The van der Waals surface area contributed by atoms with Gasteiger partial charge in [-0.3, -0.25) is 5.10 Å². The second-order valence-electron chi connectivity index (χ2n) is 3.89. The maximum atomic E-state index is 12.6. The zero-order valence-corrected chi connectivity index (χ0v) is 10.7. The van der Waals surface area contributed by atoms with Crippen LogP contribution in [0, 0.1) is 11.8 Å². The first-order valence-electron chi connectivity index (χ1n) is 5.25. The molecule has 1 aromatic carbocycles. The number of ether oxygens (including phenoxy) is 1. The van der Waals surface area contributed by atoms with Crippen LogP contribution in [-0.2, 0) is 6.18 Å². The second-order valence-corrected chi connectivity index (χ2v) is 4.29. The van der Waals surface area contributed by atoms with E-state index in [1.54, 1.807) is 6.92 Å². The van der Waals surface area contributed by atoms with Gasteiger partial charge in [-0.15, -0.1) is 10.0 Å². The van der Waals surface area contributed by atoms with Crippen molar-refractivity contribution in [2.24, 2.45) is 5.18 Å². The highest BCUT2D eigenvalue weighted by molar-refractivity contribution is 6.32. The summed E-state index contributed by atoms with van der Waals surface area (Å²) in [6, 6.07) is 2.71. The smallest absolute Gasteiger partial charge is 0.416 e. The van der Waals surface area contributed by atoms with E-state index in [1.165, 1.54) is 6.07 Å². The largest absolute Gasteiger partial charge is 0.434 e. The molecule has 0 fully saturated rings. The molecule has 0 aliphatic heterocycles. The molecule has 1 N–H and O–H groups in total. The van der Waals surface area contributed by atoms with Crippen LogP contribution in [-0.4, -0.2) is 10.2 Å². The zero-order valence-electron chi connectivity index (χ0n) is 9.95. The molecular weight excluding hydrogens is 299 g/mol. The molecule has 5 nitrogen and oxygen atoms in total. The molecule has 2 aromatic rings. The number of rotatable bonds is 3. The van der Waals surface area contributed by atoms with Crippen LogP contribution in [0.4, 0.5) is 18.9 Å². The molecule has 1 aromatic heterocycles. The Labute approximate surface area is 115 Å². The molecule has 0 spiro atoms. The van der Waals surface area contributed by atoms with Crippen molar-refractivity contribution in [2.45, 2.75) is 13.1 Å². The van der Waals surface area contributed by atoms with Gasteiger partial charge in [0.2, 0.25) is 5.88 Å². The maximum Gasteiger partial charge on any atom is 0.416 e. The summed E-state index contributed by atoms with van der Waals surface area (Å²) in [4.78, 5) is 10.7. The van der Waals surface area contributed by atoms with Crippen molar-refractivity contribution in [3.05, 3.63) is 39.4 Å². The van der Waals surface area contributed by atoms with Gasteiger partial charge in [0.25, 0.3) is 0 Å². The van der Waals surface area contributed by atoms with E-state index < -0.39 is 17.4 Å². The van der Waals surface area contributed by atoms with Crippen LogP contribution in [0.3, 0.4) is 0 Å². The first-order chi connectivity index (χ1) is 9.31. The fourth-order valence-electron chi connectivity index (χ4n) is 1.46. The number of halogens is 4. The van der Waals surface area contributed by atoms with E-state index in [0.717, 1.165) is 0 Å². The van der Waals surface area contributed by atoms with Gasteiger partial charge in [-0.2, -0.15) is 13.2 Å². The molecule has 0 aliphatic carbocycles. The number of nitrogens with zero attached hydrogens (tertiary/aromatic N) is 2. The van der Waals surface area contributed by atoms with E-state index in [1.807, 2.05) is 0 Å². The predicted octanol–water partition coefficient (Wildman–Crippen LogP) is 4.58. The number of benzene rings is 1. The number of nitroso groups, excluding NO2 is 1. The van der Waals surface area contributed by atoms with Crippen molar-refractivity contribution in [2.75, 3.05) is 0 Å². The molecule has 0 saturated heterocycles. The highest BCUT2D eigenvalue weighted by Crippen LogP contribution is 2.43. The van der Waals surface area contributed by atoms with E-state index in [9.17, 15) is 18.1 Å². The summed E-state index contributed by atoms with van der Waals surface area (Å²) in [5.74, 6) is -0.213. The minimum absolute atomic E-state index is 0.0639. The van der Waals surface area contributed by atoms with Gasteiger partial charge in [-0.25, -0.2) is 0 Å². The van der Waals surface area contributed by atoms with Crippen LogP contribution >= 0.6 is 11.6 Å². The lowest BCUT2D eigenvalue weighted by atomic mass is 10.2. The number of aromatic amines is 1. The van der Waals surface area contributed by atoms with Gasteiger partial charge in [-0.1, -0.05) is 11.6 Å². The minimum Gasteiger partial charge on any atom is -0.434 e. The fraction of sp³-hybridized carbons (Fsp3) is 0.182. The molecule has 0 bridgehead atoms. The summed E-state index contributed by atoms with van der Waals surface area (Å²) in [5.41, 5.74) is -0.961. The van der Waals surface area contributed by atoms with Crippen LogP contribution in [0.2, 0.25) is 5.02 Å². The number of aromatic nitrogens is 2. The molecule has 2 rings (SSSR count). The highest BCUT2D eigenvalue weighted by Gasteiger charge is 2.33. The van der Waals surface area contributed by atoms with Crippen LogP contribution in [0.1, 0.15) is 11.3 Å². The zero-order chi connectivity index (χ0) is 14.9. The SMILES string of the molecule is Cc1cc(Oc2c(Cl)cc(C(F)(F)F)cc2N=O)n[nH]1. The molecule has 1 heterocycles. The van der Waals surface area contributed by atoms with Gasteiger partial charge in [0.05, 0.1) is 10.6 Å². The van der Waals surface area contributed by atoms with Crippen molar-refractivity contribution in [3.8, 4) is 11.6 Å². The van der Waals surface area contributed by atoms with E-state index >= 15 is 0 Å². The molecule has 20 heavy (non-hydrogen) atoms. The van der Waals surface area contributed by atoms with Gasteiger partial charge < -0.3 is 4.74 Å². The first kappa shape index (κ1) is 14.3. The molecule has 9 heteroatoms. The third-order valence-corrected chi connectivity index (χ3v) is 2.62.